The molecule has 2 aromatic carbocycles. The van der Waals surface area contributed by atoms with E-state index in [2.05, 4.69) is 5.32 Å². The molecule has 1 N–H and O–H groups in total. The second-order valence-electron chi connectivity index (χ2n) is 4.34. The molecule has 0 radical (unpaired) electrons. The standard InChI is InChI=1S/C16H14ClNO4/c1-21-14-6-4-3-5-12(14)15(19)18-13-9-10(17)7-8-11(13)16(20)22-2/h3-9H,1-2H3,(H,18,19). The minimum absolute atomic E-state index is 0.218. The van der Waals surface area contributed by atoms with Crippen molar-refractivity contribution in [3.8, 4) is 5.75 Å². The molecule has 6 heteroatoms. The van der Waals surface area contributed by atoms with E-state index in [1.165, 1.54) is 26.4 Å². The van der Waals surface area contributed by atoms with E-state index in [0.717, 1.165) is 0 Å². The maximum atomic E-state index is 12.4. The van der Waals surface area contributed by atoms with Gasteiger partial charge in [0, 0.05) is 5.02 Å². The first-order chi connectivity index (χ1) is 10.6. The third-order valence-corrected chi connectivity index (χ3v) is 3.22. The fraction of sp³-hybridized carbons (Fsp3) is 0.125. The van der Waals surface area contributed by atoms with Gasteiger partial charge in [-0.25, -0.2) is 4.79 Å². The van der Waals surface area contributed by atoms with Gasteiger partial charge < -0.3 is 14.8 Å². The number of methoxy groups -OCH3 is 2. The van der Waals surface area contributed by atoms with Gasteiger partial charge in [-0.2, -0.15) is 0 Å². The van der Waals surface area contributed by atoms with Crippen LogP contribution in [0.15, 0.2) is 42.5 Å². The van der Waals surface area contributed by atoms with Crippen molar-refractivity contribution in [2.75, 3.05) is 19.5 Å². The summed E-state index contributed by atoms with van der Waals surface area (Å²) in [4.78, 5) is 24.1. The van der Waals surface area contributed by atoms with E-state index in [1.807, 2.05) is 0 Å². The molecule has 2 rings (SSSR count). The monoisotopic (exact) mass is 319 g/mol. The summed E-state index contributed by atoms with van der Waals surface area (Å²) in [6.07, 6.45) is 0. The van der Waals surface area contributed by atoms with Gasteiger partial charge in [0.15, 0.2) is 0 Å². The van der Waals surface area contributed by atoms with Gasteiger partial charge in [-0.3, -0.25) is 4.79 Å². The Balaban J connectivity index is 2.36. The molecule has 2 aromatic rings. The Morgan fingerprint density at radius 2 is 1.77 bits per heavy atom. The van der Waals surface area contributed by atoms with Crippen LogP contribution in [0.3, 0.4) is 0 Å². The molecule has 0 aliphatic carbocycles. The predicted molar refractivity (Wildman–Crippen MR) is 83.7 cm³/mol. The SMILES string of the molecule is COC(=O)c1ccc(Cl)cc1NC(=O)c1ccccc1OC. The lowest BCUT2D eigenvalue weighted by molar-refractivity contribution is 0.0602. The minimum atomic E-state index is -0.563. The van der Waals surface area contributed by atoms with Crippen molar-refractivity contribution in [2.45, 2.75) is 0 Å². The summed E-state index contributed by atoms with van der Waals surface area (Å²) >= 11 is 5.92. The molecule has 5 nitrogen and oxygen atoms in total. The van der Waals surface area contributed by atoms with Gasteiger partial charge in [0.2, 0.25) is 0 Å². The summed E-state index contributed by atoms with van der Waals surface area (Å²) < 4.78 is 9.84. The molecule has 0 fully saturated rings. The highest BCUT2D eigenvalue weighted by Gasteiger charge is 2.17. The van der Waals surface area contributed by atoms with Crippen molar-refractivity contribution in [3.05, 3.63) is 58.6 Å². The first kappa shape index (κ1) is 15.9. The second kappa shape index (κ2) is 6.95. The van der Waals surface area contributed by atoms with Crippen LogP contribution in [0.2, 0.25) is 5.02 Å². The molecule has 1 amide bonds. The minimum Gasteiger partial charge on any atom is -0.496 e. The molecule has 0 aliphatic rings. The molecule has 0 saturated carbocycles. The summed E-state index contributed by atoms with van der Waals surface area (Å²) in [5.41, 5.74) is 0.839. The van der Waals surface area contributed by atoms with Crippen LogP contribution in [0.4, 0.5) is 5.69 Å². The van der Waals surface area contributed by atoms with Crippen LogP contribution in [0.25, 0.3) is 0 Å². The number of ether oxygens (including phenoxy) is 2. The zero-order valence-corrected chi connectivity index (χ0v) is 12.8. The molecule has 0 atom stereocenters. The number of halogens is 1. The topological polar surface area (TPSA) is 64.6 Å². The van der Waals surface area contributed by atoms with Crippen LogP contribution >= 0.6 is 11.6 Å². The van der Waals surface area contributed by atoms with Crippen LogP contribution in [0, 0.1) is 0 Å². The first-order valence-electron chi connectivity index (χ1n) is 6.39. The first-order valence-corrected chi connectivity index (χ1v) is 6.77. The smallest absolute Gasteiger partial charge is 0.339 e. The van der Waals surface area contributed by atoms with Crippen molar-refractivity contribution in [2.24, 2.45) is 0 Å². The molecular formula is C16H14ClNO4. The molecule has 0 saturated heterocycles. The Morgan fingerprint density at radius 1 is 1.05 bits per heavy atom. The third-order valence-electron chi connectivity index (χ3n) is 2.99. The quantitative estimate of drug-likeness (QED) is 0.877. The summed E-state index contributed by atoms with van der Waals surface area (Å²) in [6, 6.07) is 11.3. The fourth-order valence-electron chi connectivity index (χ4n) is 1.93. The van der Waals surface area contributed by atoms with E-state index < -0.39 is 11.9 Å². The summed E-state index contributed by atoms with van der Waals surface area (Å²) in [6.45, 7) is 0. The van der Waals surface area contributed by atoms with E-state index >= 15 is 0 Å². The largest absolute Gasteiger partial charge is 0.496 e. The zero-order valence-electron chi connectivity index (χ0n) is 12.1. The highest BCUT2D eigenvalue weighted by atomic mass is 35.5. The molecular weight excluding hydrogens is 306 g/mol. The van der Waals surface area contributed by atoms with Gasteiger partial charge in [-0.1, -0.05) is 23.7 Å². The maximum absolute atomic E-state index is 12.4. The summed E-state index contributed by atoms with van der Waals surface area (Å²) in [7, 11) is 2.74. The second-order valence-corrected chi connectivity index (χ2v) is 4.77. The lowest BCUT2D eigenvalue weighted by Gasteiger charge is -2.12. The van der Waals surface area contributed by atoms with Gasteiger partial charge in [-0.05, 0) is 30.3 Å². The molecule has 0 unspecified atom stereocenters. The van der Waals surface area contributed by atoms with E-state index in [1.54, 1.807) is 30.3 Å². The van der Waals surface area contributed by atoms with Crippen molar-refractivity contribution in [1.29, 1.82) is 0 Å². The summed E-state index contributed by atoms with van der Waals surface area (Å²) in [5.74, 6) is -0.543. The average Bonchev–Trinajstić information content (AvgIpc) is 2.54. The molecule has 0 heterocycles. The normalized spacial score (nSPS) is 9.95. The Kier molecular flexibility index (Phi) is 5.01. The highest BCUT2D eigenvalue weighted by molar-refractivity contribution is 6.31. The summed E-state index contributed by atoms with van der Waals surface area (Å²) in [5, 5.41) is 3.05. The van der Waals surface area contributed by atoms with Crippen LogP contribution in [0.5, 0.6) is 5.75 Å². The number of hydrogen-bond acceptors (Lipinski definition) is 4. The van der Waals surface area contributed by atoms with E-state index in [0.29, 0.717) is 16.3 Å². The number of hydrogen-bond donors (Lipinski definition) is 1. The van der Waals surface area contributed by atoms with E-state index in [4.69, 9.17) is 21.1 Å². The lowest BCUT2D eigenvalue weighted by Crippen LogP contribution is -2.16. The van der Waals surface area contributed by atoms with Gasteiger partial charge in [0.25, 0.3) is 5.91 Å². The van der Waals surface area contributed by atoms with Crippen molar-refractivity contribution < 1.29 is 19.1 Å². The predicted octanol–water partition coefficient (Wildman–Crippen LogP) is 3.39. The fourth-order valence-corrected chi connectivity index (χ4v) is 2.10. The number of carbonyl (C=O) groups is 2. The van der Waals surface area contributed by atoms with E-state index in [9.17, 15) is 9.59 Å². The number of rotatable bonds is 4. The molecule has 0 aliphatic heterocycles. The van der Waals surface area contributed by atoms with Crippen LogP contribution in [0.1, 0.15) is 20.7 Å². The van der Waals surface area contributed by atoms with Crippen LogP contribution in [-0.4, -0.2) is 26.1 Å². The van der Waals surface area contributed by atoms with Crippen molar-refractivity contribution in [3.63, 3.8) is 0 Å². The lowest BCUT2D eigenvalue weighted by atomic mass is 10.1. The van der Waals surface area contributed by atoms with Crippen molar-refractivity contribution >= 4 is 29.2 Å². The number of anilines is 1. The molecule has 0 aromatic heterocycles. The highest BCUT2D eigenvalue weighted by Crippen LogP contribution is 2.24. The Morgan fingerprint density at radius 3 is 2.45 bits per heavy atom. The number of benzene rings is 2. The van der Waals surface area contributed by atoms with Gasteiger partial charge >= 0.3 is 5.97 Å². The van der Waals surface area contributed by atoms with Gasteiger partial charge in [-0.15, -0.1) is 0 Å². The number of esters is 1. The van der Waals surface area contributed by atoms with Gasteiger partial charge in [0.1, 0.15) is 5.75 Å². The molecule has 114 valence electrons. The number of nitrogens with one attached hydrogen (secondary N) is 1. The molecule has 0 bridgehead atoms. The maximum Gasteiger partial charge on any atom is 0.339 e. The Bertz CT molecular complexity index is 715. The van der Waals surface area contributed by atoms with Crippen LogP contribution < -0.4 is 10.1 Å². The van der Waals surface area contributed by atoms with Crippen molar-refractivity contribution in [1.82, 2.24) is 0 Å². The number of carbonyl (C=O) groups excluding carboxylic acids is 2. The van der Waals surface area contributed by atoms with Crippen LogP contribution in [-0.2, 0) is 4.74 Å². The Labute approximate surface area is 132 Å². The molecule has 0 spiro atoms. The zero-order chi connectivity index (χ0) is 16.1. The van der Waals surface area contributed by atoms with Gasteiger partial charge in [0.05, 0.1) is 31.0 Å². The number of amides is 1. The Hall–Kier alpha value is -2.53. The number of para-hydroxylation sites is 1. The molecule has 22 heavy (non-hydrogen) atoms. The van der Waals surface area contributed by atoms with E-state index in [-0.39, 0.29) is 11.3 Å². The average molecular weight is 320 g/mol. The third kappa shape index (κ3) is 3.38.